The highest BCUT2D eigenvalue weighted by Crippen LogP contribution is 2.27. The Morgan fingerprint density at radius 1 is 1.38 bits per heavy atom. The van der Waals surface area contributed by atoms with E-state index in [0.29, 0.717) is 6.04 Å². The molecular weight excluding hydrogens is 198 g/mol. The number of para-hydroxylation sites is 1. The van der Waals surface area contributed by atoms with E-state index in [4.69, 9.17) is 0 Å². The van der Waals surface area contributed by atoms with Crippen molar-refractivity contribution < 1.29 is 0 Å². The molecule has 3 rings (SSSR count). The zero-order valence-corrected chi connectivity index (χ0v) is 9.35. The van der Waals surface area contributed by atoms with Crippen molar-refractivity contribution in [2.75, 3.05) is 11.9 Å². The summed E-state index contributed by atoms with van der Waals surface area (Å²) in [5.41, 5.74) is 2.67. The lowest BCUT2D eigenvalue weighted by Crippen LogP contribution is -2.26. The fraction of sp³-hybridized carbons (Fsp3) is 0.308. The van der Waals surface area contributed by atoms with Gasteiger partial charge in [-0.15, -0.1) is 0 Å². The van der Waals surface area contributed by atoms with Gasteiger partial charge in [0.15, 0.2) is 0 Å². The second-order valence-corrected chi connectivity index (χ2v) is 4.28. The first-order valence-electron chi connectivity index (χ1n) is 5.66. The summed E-state index contributed by atoms with van der Waals surface area (Å²) in [5, 5.41) is 3.48. The van der Waals surface area contributed by atoms with Gasteiger partial charge in [0, 0.05) is 24.6 Å². The fourth-order valence-corrected chi connectivity index (χ4v) is 2.39. The largest absolute Gasteiger partial charge is 0.383 e. The summed E-state index contributed by atoms with van der Waals surface area (Å²) >= 11 is 0. The molecule has 16 heavy (non-hydrogen) atoms. The SMILES string of the molecule is Cc1nccn1C1CNc2ccccc2C1. The van der Waals surface area contributed by atoms with Crippen LogP contribution in [0.1, 0.15) is 17.4 Å². The van der Waals surface area contributed by atoms with Crippen molar-refractivity contribution >= 4 is 5.69 Å². The first-order valence-corrected chi connectivity index (χ1v) is 5.66. The number of anilines is 1. The minimum absolute atomic E-state index is 0.484. The van der Waals surface area contributed by atoms with E-state index in [0.717, 1.165) is 18.8 Å². The Labute approximate surface area is 95.1 Å². The molecule has 0 radical (unpaired) electrons. The molecule has 0 fully saturated rings. The van der Waals surface area contributed by atoms with Gasteiger partial charge in [-0.1, -0.05) is 18.2 Å². The third kappa shape index (κ3) is 1.48. The molecule has 0 saturated heterocycles. The van der Waals surface area contributed by atoms with Crippen LogP contribution in [0.4, 0.5) is 5.69 Å². The van der Waals surface area contributed by atoms with E-state index >= 15 is 0 Å². The van der Waals surface area contributed by atoms with Crippen molar-refractivity contribution in [3.8, 4) is 0 Å². The molecule has 3 heteroatoms. The highest BCUT2D eigenvalue weighted by molar-refractivity contribution is 5.53. The number of hydrogen-bond donors (Lipinski definition) is 1. The Morgan fingerprint density at radius 3 is 3.06 bits per heavy atom. The van der Waals surface area contributed by atoms with Gasteiger partial charge in [0.05, 0.1) is 6.04 Å². The first kappa shape index (κ1) is 9.46. The normalized spacial score (nSPS) is 18.9. The Hall–Kier alpha value is -1.77. The average Bonchev–Trinajstić information content (AvgIpc) is 2.75. The van der Waals surface area contributed by atoms with Crippen LogP contribution in [-0.4, -0.2) is 16.1 Å². The Kier molecular flexibility index (Phi) is 2.17. The molecule has 2 heterocycles. The highest BCUT2D eigenvalue weighted by Gasteiger charge is 2.19. The standard InChI is InChI=1S/C13H15N3/c1-10-14-6-7-16(10)12-8-11-4-2-3-5-13(11)15-9-12/h2-7,12,15H,8-9H2,1H3. The molecule has 1 unspecified atom stereocenters. The maximum absolute atomic E-state index is 4.28. The predicted molar refractivity (Wildman–Crippen MR) is 64.6 cm³/mol. The molecule has 0 amide bonds. The zero-order chi connectivity index (χ0) is 11.0. The maximum atomic E-state index is 4.28. The first-order chi connectivity index (χ1) is 7.84. The van der Waals surface area contributed by atoms with E-state index in [1.165, 1.54) is 11.3 Å². The van der Waals surface area contributed by atoms with Crippen LogP contribution in [0.2, 0.25) is 0 Å². The van der Waals surface area contributed by atoms with E-state index in [2.05, 4.69) is 52.3 Å². The van der Waals surface area contributed by atoms with Crippen molar-refractivity contribution in [1.82, 2.24) is 9.55 Å². The van der Waals surface area contributed by atoms with Gasteiger partial charge in [0.1, 0.15) is 5.82 Å². The highest BCUT2D eigenvalue weighted by atomic mass is 15.1. The molecule has 82 valence electrons. The number of rotatable bonds is 1. The van der Waals surface area contributed by atoms with Crippen molar-refractivity contribution in [2.24, 2.45) is 0 Å². The van der Waals surface area contributed by atoms with Gasteiger partial charge in [0.2, 0.25) is 0 Å². The van der Waals surface area contributed by atoms with E-state index in [-0.39, 0.29) is 0 Å². The van der Waals surface area contributed by atoms with Crippen LogP contribution in [0.25, 0.3) is 0 Å². The Bertz CT molecular complexity index is 501. The lowest BCUT2D eigenvalue weighted by molar-refractivity contribution is 0.499. The number of nitrogens with one attached hydrogen (secondary N) is 1. The lowest BCUT2D eigenvalue weighted by atomic mass is 9.99. The van der Waals surface area contributed by atoms with Gasteiger partial charge in [-0.05, 0) is 25.0 Å². The molecule has 3 nitrogen and oxygen atoms in total. The van der Waals surface area contributed by atoms with Crippen molar-refractivity contribution in [3.63, 3.8) is 0 Å². The summed E-state index contributed by atoms with van der Waals surface area (Å²) in [7, 11) is 0. The molecule has 1 N–H and O–H groups in total. The van der Waals surface area contributed by atoms with Crippen LogP contribution >= 0.6 is 0 Å². The molecule has 1 aromatic carbocycles. The topological polar surface area (TPSA) is 29.9 Å². The molecule has 1 aromatic heterocycles. The van der Waals surface area contributed by atoms with Crippen LogP contribution in [0.15, 0.2) is 36.7 Å². The van der Waals surface area contributed by atoms with Crippen LogP contribution in [-0.2, 0) is 6.42 Å². The van der Waals surface area contributed by atoms with Gasteiger partial charge in [-0.2, -0.15) is 0 Å². The summed E-state index contributed by atoms with van der Waals surface area (Å²) in [6.45, 7) is 3.04. The number of hydrogen-bond acceptors (Lipinski definition) is 2. The van der Waals surface area contributed by atoms with Crippen molar-refractivity contribution in [3.05, 3.63) is 48.0 Å². The van der Waals surface area contributed by atoms with Gasteiger partial charge in [0.25, 0.3) is 0 Å². The van der Waals surface area contributed by atoms with E-state index in [1.54, 1.807) is 0 Å². The summed E-state index contributed by atoms with van der Waals surface area (Å²) in [4.78, 5) is 4.28. The minimum atomic E-state index is 0.484. The molecule has 2 aromatic rings. The number of aryl methyl sites for hydroxylation is 1. The molecule has 0 bridgehead atoms. The summed E-state index contributed by atoms with van der Waals surface area (Å²) < 4.78 is 2.25. The van der Waals surface area contributed by atoms with E-state index < -0.39 is 0 Å². The van der Waals surface area contributed by atoms with Gasteiger partial charge in [-0.3, -0.25) is 0 Å². The monoisotopic (exact) mass is 213 g/mol. The zero-order valence-electron chi connectivity index (χ0n) is 9.35. The number of aromatic nitrogens is 2. The molecule has 1 aliphatic heterocycles. The maximum Gasteiger partial charge on any atom is 0.105 e. The number of fused-ring (bicyclic) bond motifs is 1. The fourth-order valence-electron chi connectivity index (χ4n) is 2.39. The summed E-state index contributed by atoms with van der Waals surface area (Å²) in [5.74, 6) is 1.09. The average molecular weight is 213 g/mol. The summed E-state index contributed by atoms with van der Waals surface area (Å²) in [6.07, 6.45) is 5.02. The summed E-state index contributed by atoms with van der Waals surface area (Å²) in [6, 6.07) is 9.00. The third-order valence-corrected chi connectivity index (χ3v) is 3.26. The lowest BCUT2D eigenvalue weighted by Gasteiger charge is -2.27. The van der Waals surface area contributed by atoms with Crippen molar-refractivity contribution in [1.29, 1.82) is 0 Å². The molecule has 0 saturated carbocycles. The number of benzene rings is 1. The van der Waals surface area contributed by atoms with Gasteiger partial charge < -0.3 is 9.88 Å². The third-order valence-electron chi connectivity index (χ3n) is 3.26. The van der Waals surface area contributed by atoms with Crippen LogP contribution < -0.4 is 5.32 Å². The minimum Gasteiger partial charge on any atom is -0.383 e. The molecular formula is C13H15N3. The predicted octanol–water partition coefficient (Wildman–Crippen LogP) is 2.40. The quantitative estimate of drug-likeness (QED) is 0.788. The second-order valence-electron chi connectivity index (χ2n) is 4.28. The van der Waals surface area contributed by atoms with Crippen LogP contribution in [0.5, 0.6) is 0 Å². The molecule has 1 aliphatic rings. The smallest absolute Gasteiger partial charge is 0.105 e. The van der Waals surface area contributed by atoms with Crippen molar-refractivity contribution in [2.45, 2.75) is 19.4 Å². The Morgan fingerprint density at radius 2 is 2.25 bits per heavy atom. The molecule has 0 spiro atoms. The van der Waals surface area contributed by atoms with Gasteiger partial charge in [-0.25, -0.2) is 4.98 Å². The Balaban J connectivity index is 1.91. The van der Waals surface area contributed by atoms with E-state index in [1.807, 2.05) is 6.20 Å². The van der Waals surface area contributed by atoms with Gasteiger partial charge >= 0.3 is 0 Å². The molecule has 0 aliphatic carbocycles. The van der Waals surface area contributed by atoms with Crippen LogP contribution in [0.3, 0.4) is 0 Å². The number of nitrogens with zero attached hydrogens (tertiary/aromatic N) is 2. The molecule has 1 atom stereocenters. The van der Waals surface area contributed by atoms with Crippen LogP contribution in [0, 0.1) is 6.92 Å². The number of imidazole rings is 1. The van der Waals surface area contributed by atoms with E-state index in [9.17, 15) is 0 Å². The second kappa shape index (κ2) is 3.67.